The standard InChI is InChI=1S/C24H27N3O4/c1-18-6-9-20(10-7-18)16-25-12-4-5-22(25)17-26(13-14-31-3)24(28)21-11-8-19(2)23(15-21)27(29)30/h4-12,15H,13-14,16-17H2,1-3H3. The molecule has 0 spiro atoms. The maximum Gasteiger partial charge on any atom is 0.273 e. The van der Waals surface area contributed by atoms with Crippen LogP contribution in [0.5, 0.6) is 0 Å². The summed E-state index contributed by atoms with van der Waals surface area (Å²) in [5.74, 6) is -0.261. The fourth-order valence-electron chi connectivity index (χ4n) is 3.41. The molecule has 2 aromatic carbocycles. The van der Waals surface area contributed by atoms with Gasteiger partial charge in [-0.25, -0.2) is 0 Å². The van der Waals surface area contributed by atoms with Crippen LogP contribution in [-0.2, 0) is 17.8 Å². The van der Waals surface area contributed by atoms with Gasteiger partial charge in [0.05, 0.1) is 18.1 Å². The van der Waals surface area contributed by atoms with Crippen LogP contribution in [0, 0.1) is 24.0 Å². The van der Waals surface area contributed by atoms with Crippen molar-refractivity contribution in [1.29, 1.82) is 0 Å². The van der Waals surface area contributed by atoms with E-state index in [0.717, 1.165) is 5.69 Å². The Morgan fingerprint density at radius 3 is 2.55 bits per heavy atom. The van der Waals surface area contributed by atoms with E-state index in [1.165, 1.54) is 17.2 Å². The average Bonchev–Trinajstić information content (AvgIpc) is 3.19. The number of rotatable bonds is 9. The van der Waals surface area contributed by atoms with Crippen molar-refractivity contribution in [3.05, 3.63) is 98.9 Å². The van der Waals surface area contributed by atoms with Gasteiger partial charge in [0.2, 0.25) is 0 Å². The number of carbonyl (C=O) groups is 1. The molecule has 0 aliphatic rings. The number of amides is 1. The zero-order chi connectivity index (χ0) is 22.4. The molecular weight excluding hydrogens is 394 g/mol. The van der Waals surface area contributed by atoms with Crippen LogP contribution in [0.15, 0.2) is 60.8 Å². The summed E-state index contributed by atoms with van der Waals surface area (Å²) in [6.45, 7) is 5.55. The van der Waals surface area contributed by atoms with Crippen LogP contribution in [0.4, 0.5) is 5.69 Å². The van der Waals surface area contributed by atoms with Gasteiger partial charge in [-0.05, 0) is 37.6 Å². The van der Waals surface area contributed by atoms with E-state index in [2.05, 4.69) is 35.8 Å². The van der Waals surface area contributed by atoms with Gasteiger partial charge in [-0.15, -0.1) is 0 Å². The maximum atomic E-state index is 13.2. The minimum Gasteiger partial charge on any atom is -0.383 e. The van der Waals surface area contributed by atoms with Crippen molar-refractivity contribution in [3.8, 4) is 0 Å². The van der Waals surface area contributed by atoms with Gasteiger partial charge < -0.3 is 14.2 Å². The molecule has 31 heavy (non-hydrogen) atoms. The summed E-state index contributed by atoms with van der Waals surface area (Å²) in [4.78, 5) is 25.7. The number of aromatic nitrogens is 1. The molecule has 0 radical (unpaired) electrons. The molecule has 0 atom stereocenters. The smallest absolute Gasteiger partial charge is 0.273 e. The lowest BCUT2D eigenvalue weighted by atomic mass is 10.1. The number of hydrogen-bond donors (Lipinski definition) is 0. The van der Waals surface area contributed by atoms with E-state index >= 15 is 0 Å². The van der Waals surface area contributed by atoms with E-state index in [1.54, 1.807) is 31.1 Å². The zero-order valence-corrected chi connectivity index (χ0v) is 18.1. The predicted molar refractivity (Wildman–Crippen MR) is 119 cm³/mol. The first-order valence-electron chi connectivity index (χ1n) is 10.1. The topological polar surface area (TPSA) is 77.6 Å². The van der Waals surface area contributed by atoms with Crippen molar-refractivity contribution < 1.29 is 14.5 Å². The lowest BCUT2D eigenvalue weighted by Gasteiger charge is -2.23. The van der Waals surface area contributed by atoms with Crippen molar-refractivity contribution in [2.24, 2.45) is 0 Å². The minimum atomic E-state index is -0.460. The van der Waals surface area contributed by atoms with E-state index in [0.29, 0.717) is 37.4 Å². The van der Waals surface area contributed by atoms with Gasteiger partial charge in [-0.3, -0.25) is 14.9 Å². The summed E-state index contributed by atoms with van der Waals surface area (Å²) in [7, 11) is 1.58. The minimum absolute atomic E-state index is 0.0553. The van der Waals surface area contributed by atoms with Crippen LogP contribution >= 0.6 is 0 Å². The number of nitro groups is 1. The highest BCUT2D eigenvalue weighted by Crippen LogP contribution is 2.21. The third-order valence-corrected chi connectivity index (χ3v) is 5.26. The monoisotopic (exact) mass is 421 g/mol. The van der Waals surface area contributed by atoms with Gasteiger partial charge >= 0.3 is 0 Å². The summed E-state index contributed by atoms with van der Waals surface area (Å²) in [5, 5.41) is 11.3. The Labute approximate surface area is 182 Å². The molecule has 7 nitrogen and oxygen atoms in total. The van der Waals surface area contributed by atoms with Gasteiger partial charge in [-0.1, -0.05) is 35.9 Å². The highest BCUT2D eigenvalue weighted by atomic mass is 16.6. The molecule has 3 aromatic rings. The molecule has 0 aliphatic carbocycles. The van der Waals surface area contributed by atoms with Gasteiger partial charge in [0.25, 0.3) is 11.6 Å². The Morgan fingerprint density at radius 1 is 1.13 bits per heavy atom. The Kier molecular flexibility index (Phi) is 7.20. The second kappa shape index (κ2) is 10.0. The summed E-state index contributed by atoms with van der Waals surface area (Å²) in [6, 6.07) is 16.9. The summed E-state index contributed by atoms with van der Waals surface area (Å²) in [5.41, 5.74) is 4.13. The Bertz CT molecular complexity index is 1060. The van der Waals surface area contributed by atoms with Crippen molar-refractivity contribution >= 4 is 11.6 Å². The highest BCUT2D eigenvalue weighted by molar-refractivity contribution is 5.95. The molecule has 1 amide bonds. The van der Waals surface area contributed by atoms with Crippen LogP contribution in [-0.4, -0.2) is 40.6 Å². The Morgan fingerprint density at radius 2 is 1.87 bits per heavy atom. The largest absolute Gasteiger partial charge is 0.383 e. The van der Waals surface area contributed by atoms with E-state index in [9.17, 15) is 14.9 Å². The molecule has 1 heterocycles. The van der Waals surface area contributed by atoms with E-state index in [-0.39, 0.29) is 11.6 Å². The molecule has 0 bridgehead atoms. The Hall–Kier alpha value is -3.45. The molecule has 0 unspecified atom stereocenters. The number of benzene rings is 2. The van der Waals surface area contributed by atoms with Crippen molar-refractivity contribution in [3.63, 3.8) is 0 Å². The fourth-order valence-corrected chi connectivity index (χ4v) is 3.41. The van der Waals surface area contributed by atoms with Gasteiger partial charge in [0.1, 0.15) is 0 Å². The molecule has 1 aromatic heterocycles. The quantitative estimate of drug-likeness (QED) is 0.380. The number of aryl methyl sites for hydroxylation is 2. The van der Waals surface area contributed by atoms with Gasteiger partial charge in [0, 0.05) is 49.3 Å². The predicted octanol–water partition coefficient (Wildman–Crippen LogP) is 4.35. The third-order valence-electron chi connectivity index (χ3n) is 5.26. The zero-order valence-electron chi connectivity index (χ0n) is 18.1. The molecule has 0 N–H and O–H groups in total. The molecular formula is C24H27N3O4. The molecule has 0 saturated carbocycles. The van der Waals surface area contributed by atoms with Crippen LogP contribution in [0.25, 0.3) is 0 Å². The van der Waals surface area contributed by atoms with Crippen LogP contribution in [0.2, 0.25) is 0 Å². The third kappa shape index (κ3) is 5.58. The molecule has 0 fully saturated rings. The summed E-state index contributed by atoms with van der Waals surface area (Å²) >= 11 is 0. The average molecular weight is 421 g/mol. The normalized spacial score (nSPS) is 10.8. The van der Waals surface area contributed by atoms with E-state index in [4.69, 9.17) is 4.74 Å². The number of carbonyl (C=O) groups excluding carboxylic acids is 1. The molecule has 0 aliphatic heterocycles. The molecule has 7 heteroatoms. The number of hydrogen-bond acceptors (Lipinski definition) is 4. The van der Waals surface area contributed by atoms with Crippen molar-refractivity contribution in [2.45, 2.75) is 26.9 Å². The summed E-state index contributed by atoms with van der Waals surface area (Å²) < 4.78 is 7.29. The van der Waals surface area contributed by atoms with Crippen molar-refractivity contribution in [2.75, 3.05) is 20.3 Å². The second-order valence-electron chi connectivity index (χ2n) is 7.59. The Balaban J connectivity index is 1.83. The number of methoxy groups -OCH3 is 1. The number of nitro benzene ring substituents is 1. The highest BCUT2D eigenvalue weighted by Gasteiger charge is 2.21. The van der Waals surface area contributed by atoms with E-state index in [1.807, 2.05) is 18.3 Å². The van der Waals surface area contributed by atoms with Gasteiger partial charge in [0.15, 0.2) is 0 Å². The van der Waals surface area contributed by atoms with E-state index < -0.39 is 4.92 Å². The van der Waals surface area contributed by atoms with Crippen molar-refractivity contribution in [1.82, 2.24) is 9.47 Å². The summed E-state index contributed by atoms with van der Waals surface area (Å²) in [6.07, 6.45) is 1.99. The lowest BCUT2D eigenvalue weighted by Crippen LogP contribution is -2.34. The molecule has 3 rings (SSSR count). The first kappa shape index (κ1) is 22.2. The molecule has 162 valence electrons. The SMILES string of the molecule is COCCN(Cc1cccn1Cc1ccc(C)cc1)C(=O)c1ccc(C)c([N+](=O)[O-])c1. The number of nitrogens with zero attached hydrogens (tertiary/aromatic N) is 3. The van der Waals surface area contributed by atoms with Gasteiger partial charge in [-0.2, -0.15) is 0 Å². The number of ether oxygens (including phenoxy) is 1. The van der Waals surface area contributed by atoms with Crippen LogP contribution in [0.3, 0.4) is 0 Å². The first-order chi connectivity index (χ1) is 14.9. The lowest BCUT2D eigenvalue weighted by molar-refractivity contribution is -0.385. The fraction of sp³-hybridized carbons (Fsp3) is 0.292. The van der Waals surface area contributed by atoms with Crippen LogP contribution < -0.4 is 0 Å². The first-order valence-corrected chi connectivity index (χ1v) is 10.1. The second-order valence-corrected chi connectivity index (χ2v) is 7.59. The van der Waals surface area contributed by atoms with Crippen LogP contribution in [0.1, 0.15) is 32.7 Å². The maximum absolute atomic E-state index is 13.2. The molecule has 0 saturated heterocycles.